The molecule has 0 aliphatic carbocycles. The van der Waals surface area contributed by atoms with Crippen LogP contribution in [0.25, 0.3) is 0 Å². The third kappa shape index (κ3) is 2.25. The Morgan fingerprint density at radius 3 is 2.50 bits per heavy atom. The first kappa shape index (κ1) is 12.0. The molecule has 18 heavy (non-hydrogen) atoms. The molecule has 3 N–H and O–H groups in total. The van der Waals surface area contributed by atoms with E-state index in [1.165, 1.54) is 18.4 Å². The fraction of sp³-hybridized carbons (Fsp3) is 0.600. The van der Waals surface area contributed by atoms with Crippen LogP contribution < -0.4 is 5.73 Å². The van der Waals surface area contributed by atoms with Gasteiger partial charge in [0.15, 0.2) is 0 Å². The number of hydrogen-bond donors (Lipinski definition) is 2. The third-order valence-corrected chi connectivity index (χ3v) is 4.55. The summed E-state index contributed by atoms with van der Waals surface area (Å²) in [6.45, 7) is 1.08. The second kappa shape index (κ2) is 4.90. The Labute approximate surface area is 109 Å². The molecule has 2 bridgehead atoms. The quantitative estimate of drug-likeness (QED) is 0.800. The van der Waals surface area contributed by atoms with Crippen LogP contribution in [0.4, 0.5) is 5.69 Å². The van der Waals surface area contributed by atoms with Crippen molar-refractivity contribution < 1.29 is 5.11 Å². The van der Waals surface area contributed by atoms with Gasteiger partial charge in [0.1, 0.15) is 0 Å². The molecular formula is C15H22N2O. The van der Waals surface area contributed by atoms with Crippen molar-refractivity contribution in [3.63, 3.8) is 0 Å². The molecular weight excluding hydrogens is 224 g/mol. The van der Waals surface area contributed by atoms with E-state index < -0.39 is 0 Å². The Balaban J connectivity index is 1.63. The van der Waals surface area contributed by atoms with Gasteiger partial charge >= 0.3 is 0 Å². The summed E-state index contributed by atoms with van der Waals surface area (Å²) in [6, 6.07) is 9.34. The highest BCUT2D eigenvalue weighted by Gasteiger charge is 2.39. The Morgan fingerprint density at radius 1 is 1.17 bits per heavy atom. The number of aliphatic hydroxyl groups excluding tert-OH is 1. The maximum absolute atomic E-state index is 9.79. The molecule has 0 amide bonds. The van der Waals surface area contributed by atoms with Crippen LogP contribution in [0.1, 0.15) is 31.2 Å². The zero-order chi connectivity index (χ0) is 12.5. The van der Waals surface area contributed by atoms with E-state index >= 15 is 0 Å². The van der Waals surface area contributed by atoms with Crippen molar-refractivity contribution in [2.45, 2.75) is 50.3 Å². The first-order valence-electron chi connectivity index (χ1n) is 7.01. The average Bonchev–Trinajstić information content (AvgIpc) is 2.60. The van der Waals surface area contributed by atoms with Crippen LogP contribution >= 0.6 is 0 Å². The van der Waals surface area contributed by atoms with Gasteiger partial charge in [-0.3, -0.25) is 4.90 Å². The van der Waals surface area contributed by atoms with Gasteiger partial charge < -0.3 is 10.8 Å². The number of hydrogen-bond acceptors (Lipinski definition) is 3. The van der Waals surface area contributed by atoms with Crippen LogP contribution in [0, 0.1) is 0 Å². The molecule has 2 saturated heterocycles. The first-order valence-corrected chi connectivity index (χ1v) is 7.01. The van der Waals surface area contributed by atoms with Crippen molar-refractivity contribution in [3.05, 3.63) is 29.8 Å². The lowest BCUT2D eigenvalue weighted by molar-refractivity contribution is 0.0362. The minimum atomic E-state index is -0.0689. The van der Waals surface area contributed by atoms with E-state index in [0.29, 0.717) is 12.1 Å². The van der Waals surface area contributed by atoms with Crippen molar-refractivity contribution in [2.24, 2.45) is 0 Å². The summed E-state index contributed by atoms with van der Waals surface area (Å²) in [4.78, 5) is 2.60. The summed E-state index contributed by atoms with van der Waals surface area (Å²) in [5.41, 5.74) is 8.14. The van der Waals surface area contributed by atoms with Crippen molar-refractivity contribution >= 4 is 5.69 Å². The Hall–Kier alpha value is -1.06. The Morgan fingerprint density at radius 2 is 1.83 bits per heavy atom. The number of nitrogens with two attached hydrogens (primary N) is 1. The largest absolute Gasteiger partial charge is 0.399 e. The Bertz CT molecular complexity index is 407. The molecule has 2 aliphatic rings. The predicted molar refractivity (Wildman–Crippen MR) is 73.3 cm³/mol. The normalized spacial score (nSPS) is 31.7. The second-order valence-corrected chi connectivity index (χ2v) is 5.70. The highest BCUT2D eigenvalue weighted by Crippen LogP contribution is 2.35. The summed E-state index contributed by atoms with van der Waals surface area (Å²) in [5, 5.41) is 9.79. The van der Waals surface area contributed by atoms with E-state index in [2.05, 4.69) is 17.0 Å². The number of fused-ring (bicyclic) bond motifs is 2. The van der Waals surface area contributed by atoms with Gasteiger partial charge in [0.25, 0.3) is 0 Å². The molecule has 1 aromatic rings. The zero-order valence-electron chi connectivity index (χ0n) is 10.8. The summed E-state index contributed by atoms with van der Waals surface area (Å²) in [7, 11) is 0. The number of piperidine rings is 1. The van der Waals surface area contributed by atoms with Gasteiger partial charge in [-0.15, -0.1) is 0 Å². The van der Waals surface area contributed by atoms with Gasteiger partial charge in [-0.05, 0) is 43.7 Å². The number of rotatable bonds is 3. The second-order valence-electron chi connectivity index (χ2n) is 5.70. The van der Waals surface area contributed by atoms with Gasteiger partial charge in [-0.2, -0.15) is 0 Å². The summed E-state index contributed by atoms with van der Waals surface area (Å²) < 4.78 is 0. The van der Waals surface area contributed by atoms with E-state index in [1.807, 2.05) is 12.1 Å². The summed E-state index contributed by atoms with van der Waals surface area (Å²) in [6.07, 6.45) is 5.38. The van der Waals surface area contributed by atoms with E-state index in [4.69, 9.17) is 5.73 Å². The SMILES string of the molecule is Nc1ccccc1CCN1C2CCC1CC(O)C2. The molecule has 1 aromatic carbocycles. The average molecular weight is 246 g/mol. The molecule has 2 atom stereocenters. The summed E-state index contributed by atoms with van der Waals surface area (Å²) in [5.74, 6) is 0. The van der Waals surface area contributed by atoms with Gasteiger partial charge in [0.05, 0.1) is 6.10 Å². The van der Waals surface area contributed by atoms with Crippen LogP contribution in [0.2, 0.25) is 0 Å². The molecule has 2 unspecified atom stereocenters. The van der Waals surface area contributed by atoms with E-state index in [9.17, 15) is 5.11 Å². The topological polar surface area (TPSA) is 49.5 Å². The molecule has 0 radical (unpaired) electrons. The zero-order valence-corrected chi connectivity index (χ0v) is 10.8. The van der Waals surface area contributed by atoms with Gasteiger partial charge in [0.2, 0.25) is 0 Å². The Kier molecular flexibility index (Phi) is 3.27. The standard InChI is InChI=1S/C15H22N2O/c16-15-4-2-1-3-11(15)7-8-17-12-5-6-13(17)10-14(18)9-12/h1-4,12-14,18H,5-10,16H2. The van der Waals surface area contributed by atoms with Gasteiger partial charge in [0, 0.05) is 24.3 Å². The smallest absolute Gasteiger partial charge is 0.0570 e. The van der Waals surface area contributed by atoms with E-state index in [1.54, 1.807) is 0 Å². The summed E-state index contributed by atoms with van der Waals surface area (Å²) >= 11 is 0. The number of aliphatic hydroxyl groups is 1. The molecule has 98 valence electrons. The molecule has 2 aliphatic heterocycles. The third-order valence-electron chi connectivity index (χ3n) is 4.55. The molecule has 3 nitrogen and oxygen atoms in total. The van der Waals surface area contributed by atoms with Gasteiger partial charge in [-0.25, -0.2) is 0 Å². The minimum Gasteiger partial charge on any atom is -0.399 e. The van der Waals surface area contributed by atoms with Crippen LogP contribution in [0.3, 0.4) is 0 Å². The van der Waals surface area contributed by atoms with Crippen LogP contribution in [-0.4, -0.2) is 34.7 Å². The maximum atomic E-state index is 9.79. The first-order chi connectivity index (χ1) is 8.74. The molecule has 3 heteroatoms. The monoisotopic (exact) mass is 246 g/mol. The lowest BCUT2D eigenvalue weighted by Gasteiger charge is -2.37. The number of nitrogens with zero attached hydrogens (tertiary/aromatic N) is 1. The predicted octanol–water partition coefficient (Wildman–Crippen LogP) is 1.80. The molecule has 0 saturated carbocycles. The maximum Gasteiger partial charge on any atom is 0.0570 e. The molecule has 0 aromatic heterocycles. The van der Waals surface area contributed by atoms with Gasteiger partial charge in [-0.1, -0.05) is 18.2 Å². The van der Waals surface area contributed by atoms with Crippen LogP contribution in [-0.2, 0) is 6.42 Å². The van der Waals surface area contributed by atoms with Crippen molar-refractivity contribution in [1.29, 1.82) is 0 Å². The number of para-hydroxylation sites is 1. The van der Waals surface area contributed by atoms with Crippen LogP contribution in [0.15, 0.2) is 24.3 Å². The number of nitrogen functional groups attached to an aromatic ring is 1. The molecule has 2 fully saturated rings. The fourth-order valence-corrected chi connectivity index (χ4v) is 3.62. The van der Waals surface area contributed by atoms with E-state index in [-0.39, 0.29) is 6.10 Å². The van der Waals surface area contributed by atoms with Crippen LogP contribution in [0.5, 0.6) is 0 Å². The molecule has 2 heterocycles. The lowest BCUT2D eigenvalue weighted by atomic mass is 9.99. The van der Waals surface area contributed by atoms with E-state index in [0.717, 1.165) is 31.5 Å². The highest BCUT2D eigenvalue weighted by atomic mass is 16.3. The fourth-order valence-electron chi connectivity index (χ4n) is 3.62. The lowest BCUT2D eigenvalue weighted by Crippen LogP contribution is -2.45. The number of anilines is 1. The minimum absolute atomic E-state index is 0.0689. The van der Waals surface area contributed by atoms with Crippen molar-refractivity contribution in [2.75, 3.05) is 12.3 Å². The van der Waals surface area contributed by atoms with Crippen molar-refractivity contribution in [1.82, 2.24) is 4.90 Å². The molecule has 3 rings (SSSR count). The highest BCUT2D eigenvalue weighted by molar-refractivity contribution is 5.46. The molecule has 0 spiro atoms. The number of benzene rings is 1. The van der Waals surface area contributed by atoms with Crippen molar-refractivity contribution in [3.8, 4) is 0 Å².